The first kappa shape index (κ1) is 22.4. The Balaban J connectivity index is 0.00000280. The van der Waals surface area contributed by atoms with Crippen LogP contribution in [0, 0.1) is 23.3 Å². The molecule has 11 heteroatoms. The van der Waals surface area contributed by atoms with Crippen LogP contribution in [0.5, 0.6) is 0 Å². The highest BCUT2D eigenvalue weighted by Crippen LogP contribution is 2.19. The first-order valence-electron chi connectivity index (χ1n) is 8.38. The van der Waals surface area contributed by atoms with E-state index in [1.54, 1.807) is 6.07 Å². The molecule has 1 aromatic carbocycles. The summed E-state index contributed by atoms with van der Waals surface area (Å²) in [5.74, 6) is -5.27. The minimum absolute atomic E-state index is 0. The number of rotatable bonds is 4. The van der Waals surface area contributed by atoms with Gasteiger partial charge in [-0.25, -0.2) is 17.6 Å². The standard InChI is InChI=1S/C17H19F4N5O.HI/c1-22-17(23-9-12-15(20)13(18)8-14(19)16(12)21)26-5-3-25(4-6-26)10-11-2-7-27-24-11;/h2,7-8H,3-6,9-10H2,1H3,(H,22,23);1H. The molecule has 1 N–H and O–H groups in total. The van der Waals surface area contributed by atoms with Gasteiger partial charge in [0.2, 0.25) is 0 Å². The summed E-state index contributed by atoms with van der Waals surface area (Å²) in [6.45, 7) is 2.95. The zero-order valence-corrected chi connectivity index (χ0v) is 17.4. The summed E-state index contributed by atoms with van der Waals surface area (Å²) in [5.41, 5.74) is 0.142. The lowest BCUT2D eigenvalue weighted by atomic mass is 10.2. The van der Waals surface area contributed by atoms with E-state index in [2.05, 4.69) is 20.4 Å². The van der Waals surface area contributed by atoms with Crippen LogP contribution in [-0.4, -0.2) is 54.1 Å². The van der Waals surface area contributed by atoms with Gasteiger partial charge in [0.15, 0.2) is 29.2 Å². The van der Waals surface area contributed by atoms with Gasteiger partial charge in [-0.05, 0) is 0 Å². The van der Waals surface area contributed by atoms with Gasteiger partial charge in [-0.1, -0.05) is 5.16 Å². The second-order valence-corrected chi connectivity index (χ2v) is 6.10. The maximum absolute atomic E-state index is 13.8. The Hall–Kier alpha value is -1.89. The van der Waals surface area contributed by atoms with E-state index in [0.29, 0.717) is 25.6 Å². The molecule has 1 aliphatic heterocycles. The van der Waals surface area contributed by atoms with Crippen LogP contribution in [-0.2, 0) is 13.1 Å². The fourth-order valence-electron chi connectivity index (χ4n) is 2.94. The van der Waals surface area contributed by atoms with E-state index in [1.807, 2.05) is 4.90 Å². The molecule has 0 radical (unpaired) electrons. The lowest BCUT2D eigenvalue weighted by Crippen LogP contribution is -2.52. The van der Waals surface area contributed by atoms with Crippen molar-refractivity contribution in [2.75, 3.05) is 33.2 Å². The number of hydrogen-bond donors (Lipinski definition) is 1. The summed E-state index contributed by atoms with van der Waals surface area (Å²) in [4.78, 5) is 8.18. The largest absolute Gasteiger partial charge is 0.364 e. The van der Waals surface area contributed by atoms with Crippen molar-refractivity contribution in [3.05, 3.63) is 52.9 Å². The van der Waals surface area contributed by atoms with Crippen LogP contribution in [0.15, 0.2) is 27.9 Å². The zero-order chi connectivity index (χ0) is 19.4. The third kappa shape index (κ3) is 5.13. The van der Waals surface area contributed by atoms with Gasteiger partial charge >= 0.3 is 0 Å². The minimum atomic E-state index is -1.43. The number of aliphatic imine (C=N–C) groups is 1. The Bertz CT molecular complexity index is 784. The predicted molar refractivity (Wildman–Crippen MR) is 105 cm³/mol. The van der Waals surface area contributed by atoms with Crippen molar-refractivity contribution in [2.24, 2.45) is 4.99 Å². The Morgan fingerprint density at radius 2 is 1.79 bits per heavy atom. The van der Waals surface area contributed by atoms with Crippen molar-refractivity contribution >= 4 is 29.9 Å². The second-order valence-electron chi connectivity index (χ2n) is 6.10. The fraction of sp³-hybridized carbons (Fsp3) is 0.412. The predicted octanol–water partition coefficient (Wildman–Crippen LogP) is 2.74. The summed E-state index contributed by atoms with van der Waals surface area (Å²) in [6.07, 6.45) is 1.52. The van der Waals surface area contributed by atoms with Crippen LogP contribution >= 0.6 is 24.0 Å². The Morgan fingerprint density at radius 3 is 2.32 bits per heavy atom. The van der Waals surface area contributed by atoms with Gasteiger partial charge in [0.1, 0.15) is 6.26 Å². The van der Waals surface area contributed by atoms with E-state index >= 15 is 0 Å². The van der Waals surface area contributed by atoms with Crippen molar-refractivity contribution in [3.8, 4) is 0 Å². The van der Waals surface area contributed by atoms with E-state index in [-0.39, 0.29) is 30.0 Å². The van der Waals surface area contributed by atoms with E-state index in [4.69, 9.17) is 4.52 Å². The normalized spacial score (nSPS) is 15.5. The van der Waals surface area contributed by atoms with Crippen molar-refractivity contribution < 1.29 is 22.1 Å². The van der Waals surface area contributed by atoms with Crippen molar-refractivity contribution in [2.45, 2.75) is 13.1 Å². The van der Waals surface area contributed by atoms with E-state index in [1.165, 1.54) is 13.3 Å². The van der Waals surface area contributed by atoms with E-state index < -0.39 is 35.4 Å². The van der Waals surface area contributed by atoms with E-state index in [0.717, 1.165) is 18.8 Å². The molecule has 0 saturated carbocycles. The smallest absolute Gasteiger partial charge is 0.194 e. The van der Waals surface area contributed by atoms with Crippen LogP contribution in [0.4, 0.5) is 17.6 Å². The van der Waals surface area contributed by atoms with Gasteiger partial charge in [0.05, 0.1) is 5.69 Å². The first-order chi connectivity index (χ1) is 13.0. The third-order valence-corrected chi connectivity index (χ3v) is 4.39. The quantitative estimate of drug-likeness (QED) is 0.224. The van der Waals surface area contributed by atoms with Crippen molar-refractivity contribution in [1.82, 2.24) is 20.3 Å². The Labute approximate surface area is 176 Å². The number of halogens is 5. The lowest BCUT2D eigenvalue weighted by molar-refractivity contribution is 0.169. The molecule has 6 nitrogen and oxygen atoms in total. The third-order valence-electron chi connectivity index (χ3n) is 4.39. The summed E-state index contributed by atoms with van der Waals surface area (Å²) in [6, 6.07) is 1.99. The molecule has 28 heavy (non-hydrogen) atoms. The van der Waals surface area contributed by atoms with Gasteiger partial charge in [0.25, 0.3) is 0 Å². The molecule has 2 aromatic rings. The number of piperazine rings is 1. The Morgan fingerprint density at radius 1 is 1.14 bits per heavy atom. The molecule has 1 saturated heterocycles. The maximum atomic E-state index is 13.8. The molecule has 3 rings (SSSR count). The molecule has 0 unspecified atom stereocenters. The maximum Gasteiger partial charge on any atom is 0.194 e. The number of benzene rings is 1. The van der Waals surface area contributed by atoms with Gasteiger partial charge in [0, 0.05) is 64.0 Å². The molecular formula is C17H20F4IN5O. The van der Waals surface area contributed by atoms with Gasteiger partial charge in [-0.3, -0.25) is 9.89 Å². The van der Waals surface area contributed by atoms with Crippen LogP contribution in [0.2, 0.25) is 0 Å². The van der Waals surface area contributed by atoms with Gasteiger partial charge in [-0.2, -0.15) is 0 Å². The van der Waals surface area contributed by atoms with Crippen LogP contribution in [0.1, 0.15) is 11.3 Å². The highest BCUT2D eigenvalue weighted by atomic mass is 127. The molecule has 2 heterocycles. The van der Waals surface area contributed by atoms with Crippen molar-refractivity contribution in [1.29, 1.82) is 0 Å². The number of nitrogens with zero attached hydrogens (tertiary/aromatic N) is 4. The first-order valence-corrected chi connectivity index (χ1v) is 8.38. The highest BCUT2D eigenvalue weighted by molar-refractivity contribution is 14.0. The van der Waals surface area contributed by atoms with Crippen molar-refractivity contribution in [3.63, 3.8) is 0 Å². The summed E-state index contributed by atoms with van der Waals surface area (Å²) in [7, 11) is 1.53. The van der Waals surface area contributed by atoms with Gasteiger partial charge < -0.3 is 14.7 Å². The molecule has 0 spiro atoms. The summed E-state index contributed by atoms with van der Waals surface area (Å²) < 4.78 is 59.0. The molecule has 0 amide bonds. The topological polar surface area (TPSA) is 56.9 Å². The summed E-state index contributed by atoms with van der Waals surface area (Å²) in [5, 5.41) is 6.64. The molecule has 154 valence electrons. The molecule has 0 aliphatic carbocycles. The Kier molecular flexibility index (Phi) is 8.04. The fourth-order valence-corrected chi connectivity index (χ4v) is 2.94. The average Bonchev–Trinajstić information content (AvgIpc) is 3.17. The number of nitrogens with one attached hydrogen (secondary N) is 1. The average molecular weight is 513 g/mol. The number of aromatic nitrogens is 1. The van der Waals surface area contributed by atoms with E-state index in [9.17, 15) is 17.6 Å². The SMILES string of the molecule is CN=C(NCc1c(F)c(F)cc(F)c1F)N1CCN(Cc2ccon2)CC1.I. The van der Waals surface area contributed by atoms with Crippen LogP contribution in [0.3, 0.4) is 0 Å². The lowest BCUT2D eigenvalue weighted by Gasteiger charge is -2.36. The van der Waals surface area contributed by atoms with Crippen LogP contribution < -0.4 is 5.32 Å². The molecule has 0 bridgehead atoms. The highest BCUT2D eigenvalue weighted by Gasteiger charge is 2.22. The second kappa shape index (κ2) is 10.0. The van der Waals surface area contributed by atoms with Crippen LogP contribution in [0.25, 0.3) is 0 Å². The zero-order valence-electron chi connectivity index (χ0n) is 15.1. The molecule has 0 atom stereocenters. The number of hydrogen-bond acceptors (Lipinski definition) is 4. The molecule has 1 fully saturated rings. The summed E-state index contributed by atoms with van der Waals surface area (Å²) >= 11 is 0. The number of guanidine groups is 1. The van der Waals surface area contributed by atoms with Gasteiger partial charge in [-0.15, -0.1) is 24.0 Å². The minimum Gasteiger partial charge on any atom is -0.364 e. The molecule has 1 aromatic heterocycles. The molecular weight excluding hydrogens is 493 g/mol. The molecule has 1 aliphatic rings. The monoisotopic (exact) mass is 513 g/mol.